The van der Waals surface area contributed by atoms with Crippen LogP contribution in [0.1, 0.15) is 19.8 Å². The molecule has 0 radical (unpaired) electrons. The maximum atomic E-state index is 11.3. The van der Waals surface area contributed by atoms with Gasteiger partial charge in [0.25, 0.3) is 0 Å². The molecule has 1 saturated heterocycles. The topological polar surface area (TPSA) is 42.0 Å². The lowest BCUT2D eigenvalue weighted by Gasteiger charge is -2.34. The van der Waals surface area contributed by atoms with Crippen LogP contribution in [0.4, 0.5) is 0 Å². The molecule has 0 amide bonds. The Labute approximate surface area is 149 Å². The number of ether oxygens (including phenoxy) is 2. The molecule has 0 spiro atoms. The molecule has 1 aromatic carbocycles. The van der Waals surface area contributed by atoms with Gasteiger partial charge in [0.05, 0.1) is 11.6 Å². The second-order valence-corrected chi connectivity index (χ2v) is 6.28. The molecule has 1 fully saturated rings. The number of piperazine rings is 1. The van der Waals surface area contributed by atoms with E-state index in [4.69, 9.17) is 21.1 Å². The summed E-state index contributed by atoms with van der Waals surface area (Å²) in [6.45, 7) is 8.96. The van der Waals surface area contributed by atoms with E-state index in [-0.39, 0.29) is 5.97 Å². The zero-order valence-corrected chi connectivity index (χ0v) is 15.1. The average molecular weight is 355 g/mol. The Morgan fingerprint density at radius 3 is 2.46 bits per heavy atom. The average Bonchev–Trinajstić information content (AvgIpc) is 2.58. The second kappa shape index (κ2) is 10.5. The van der Waals surface area contributed by atoms with Gasteiger partial charge in [-0.05, 0) is 32.0 Å². The van der Waals surface area contributed by atoms with Gasteiger partial charge < -0.3 is 14.4 Å². The number of benzene rings is 1. The summed E-state index contributed by atoms with van der Waals surface area (Å²) in [5.41, 5.74) is 0. The standard InChI is InChI=1S/C18H27ClN2O3/c1-2-23-18(22)8-5-9-20-10-12-21(13-11-20)14-15-24-17-7-4-3-6-16(17)19/h3-4,6-7H,2,5,8-15H2,1H3. The Kier molecular flexibility index (Phi) is 8.36. The first kappa shape index (κ1) is 19.0. The number of esters is 1. The Bertz CT molecular complexity index is 505. The number of carbonyl (C=O) groups excluding carboxylic acids is 1. The smallest absolute Gasteiger partial charge is 0.305 e. The molecule has 0 aliphatic carbocycles. The van der Waals surface area contributed by atoms with E-state index in [0.717, 1.165) is 51.4 Å². The molecular formula is C18H27ClN2O3. The van der Waals surface area contributed by atoms with Gasteiger partial charge in [-0.2, -0.15) is 0 Å². The van der Waals surface area contributed by atoms with Gasteiger partial charge in [0.2, 0.25) is 0 Å². The molecule has 0 unspecified atom stereocenters. The maximum Gasteiger partial charge on any atom is 0.305 e. The van der Waals surface area contributed by atoms with Crippen LogP contribution in [0.2, 0.25) is 5.02 Å². The Morgan fingerprint density at radius 1 is 1.12 bits per heavy atom. The minimum atomic E-state index is -0.0899. The van der Waals surface area contributed by atoms with Gasteiger partial charge >= 0.3 is 5.97 Å². The number of carbonyl (C=O) groups is 1. The fourth-order valence-corrected chi connectivity index (χ4v) is 2.95. The zero-order valence-electron chi connectivity index (χ0n) is 14.4. The number of hydrogen-bond donors (Lipinski definition) is 0. The molecule has 1 aromatic rings. The molecule has 1 aliphatic rings. The molecule has 0 saturated carbocycles. The molecule has 6 heteroatoms. The van der Waals surface area contributed by atoms with Crippen LogP contribution in [0, 0.1) is 0 Å². The van der Waals surface area contributed by atoms with E-state index in [1.54, 1.807) is 0 Å². The summed E-state index contributed by atoms with van der Waals surface area (Å²) in [5, 5.41) is 0.656. The molecule has 24 heavy (non-hydrogen) atoms. The van der Waals surface area contributed by atoms with Crippen molar-refractivity contribution in [2.24, 2.45) is 0 Å². The van der Waals surface area contributed by atoms with Crippen LogP contribution < -0.4 is 4.74 Å². The van der Waals surface area contributed by atoms with Gasteiger partial charge in [-0.1, -0.05) is 23.7 Å². The van der Waals surface area contributed by atoms with Crippen molar-refractivity contribution in [1.29, 1.82) is 0 Å². The molecule has 1 aliphatic heterocycles. The fraction of sp³-hybridized carbons (Fsp3) is 0.611. The molecule has 1 heterocycles. The van der Waals surface area contributed by atoms with Crippen LogP contribution in [0.15, 0.2) is 24.3 Å². The SMILES string of the molecule is CCOC(=O)CCCN1CCN(CCOc2ccccc2Cl)CC1. The lowest BCUT2D eigenvalue weighted by atomic mass is 10.2. The number of nitrogens with zero attached hydrogens (tertiary/aromatic N) is 2. The van der Waals surface area contributed by atoms with Crippen LogP contribution in [-0.2, 0) is 9.53 Å². The first-order valence-corrected chi connectivity index (χ1v) is 9.04. The predicted molar refractivity (Wildman–Crippen MR) is 95.7 cm³/mol. The van der Waals surface area contributed by atoms with E-state index in [2.05, 4.69) is 9.80 Å². The number of rotatable bonds is 9. The van der Waals surface area contributed by atoms with Crippen LogP contribution >= 0.6 is 11.6 Å². The fourth-order valence-electron chi connectivity index (χ4n) is 2.76. The van der Waals surface area contributed by atoms with E-state index in [9.17, 15) is 4.79 Å². The van der Waals surface area contributed by atoms with Crippen molar-refractivity contribution in [3.05, 3.63) is 29.3 Å². The van der Waals surface area contributed by atoms with E-state index in [0.29, 0.717) is 24.7 Å². The first-order valence-electron chi connectivity index (χ1n) is 8.66. The Balaban J connectivity index is 1.56. The van der Waals surface area contributed by atoms with Gasteiger partial charge in [0, 0.05) is 39.1 Å². The minimum absolute atomic E-state index is 0.0899. The van der Waals surface area contributed by atoms with Crippen molar-refractivity contribution >= 4 is 17.6 Å². The predicted octanol–water partition coefficient (Wildman–Crippen LogP) is 2.68. The van der Waals surface area contributed by atoms with E-state index < -0.39 is 0 Å². The van der Waals surface area contributed by atoms with Gasteiger partial charge in [-0.3, -0.25) is 9.69 Å². The van der Waals surface area contributed by atoms with Gasteiger partial charge in [0.15, 0.2) is 0 Å². The molecule has 0 atom stereocenters. The van der Waals surface area contributed by atoms with Gasteiger partial charge in [-0.25, -0.2) is 0 Å². The third-order valence-electron chi connectivity index (χ3n) is 4.13. The molecule has 134 valence electrons. The highest BCUT2D eigenvalue weighted by atomic mass is 35.5. The zero-order chi connectivity index (χ0) is 17.2. The Hall–Kier alpha value is -1.30. The number of para-hydroxylation sites is 1. The van der Waals surface area contributed by atoms with E-state index in [1.165, 1.54) is 0 Å². The maximum absolute atomic E-state index is 11.3. The highest BCUT2D eigenvalue weighted by molar-refractivity contribution is 6.32. The third-order valence-corrected chi connectivity index (χ3v) is 4.44. The third kappa shape index (κ3) is 6.67. The minimum Gasteiger partial charge on any atom is -0.491 e. The van der Waals surface area contributed by atoms with Crippen LogP contribution in [0.5, 0.6) is 5.75 Å². The highest BCUT2D eigenvalue weighted by Gasteiger charge is 2.16. The molecule has 0 aromatic heterocycles. The quantitative estimate of drug-likeness (QED) is 0.638. The van der Waals surface area contributed by atoms with Crippen molar-refractivity contribution in [1.82, 2.24) is 9.80 Å². The summed E-state index contributed by atoms with van der Waals surface area (Å²) in [7, 11) is 0. The lowest BCUT2D eigenvalue weighted by Crippen LogP contribution is -2.47. The summed E-state index contributed by atoms with van der Waals surface area (Å²) in [6, 6.07) is 7.56. The Morgan fingerprint density at radius 2 is 1.79 bits per heavy atom. The number of hydrogen-bond acceptors (Lipinski definition) is 5. The summed E-state index contributed by atoms with van der Waals surface area (Å²) in [5.74, 6) is 0.657. The highest BCUT2D eigenvalue weighted by Crippen LogP contribution is 2.22. The van der Waals surface area contributed by atoms with Crippen molar-refractivity contribution in [2.45, 2.75) is 19.8 Å². The molecular weight excluding hydrogens is 328 g/mol. The second-order valence-electron chi connectivity index (χ2n) is 5.87. The van der Waals surface area contributed by atoms with Gasteiger partial charge in [-0.15, -0.1) is 0 Å². The van der Waals surface area contributed by atoms with Crippen molar-refractivity contribution in [3.8, 4) is 5.75 Å². The van der Waals surface area contributed by atoms with Crippen LogP contribution in [0.25, 0.3) is 0 Å². The first-order chi connectivity index (χ1) is 11.7. The monoisotopic (exact) mass is 354 g/mol. The molecule has 0 bridgehead atoms. The number of halogens is 1. The van der Waals surface area contributed by atoms with E-state index in [1.807, 2.05) is 31.2 Å². The summed E-state index contributed by atoms with van der Waals surface area (Å²) >= 11 is 6.08. The molecule has 5 nitrogen and oxygen atoms in total. The van der Waals surface area contributed by atoms with Gasteiger partial charge in [0.1, 0.15) is 12.4 Å². The van der Waals surface area contributed by atoms with E-state index >= 15 is 0 Å². The summed E-state index contributed by atoms with van der Waals surface area (Å²) in [4.78, 5) is 16.1. The lowest BCUT2D eigenvalue weighted by molar-refractivity contribution is -0.143. The van der Waals surface area contributed by atoms with Crippen LogP contribution in [-0.4, -0.2) is 68.3 Å². The normalized spacial score (nSPS) is 16.1. The summed E-state index contributed by atoms with van der Waals surface area (Å²) in [6.07, 6.45) is 1.38. The summed E-state index contributed by atoms with van der Waals surface area (Å²) < 4.78 is 10.7. The van der Waals surface area contributed by atoms with Crippen molar-refractivity contribution < 1.29 is 14.3 Å². The van der Waals surface area contributed by atoms with Crippen LogP contribution in [0.3, 0.4) is 0 Å². The molecule has 0 N–H and O–H groups in total. The molecule has 2 rings (SSSR count). The van der Waals surface area contributed by atoms with Crippen molar-refractivity contribution in [3.63, 3.8) is 0 Å². The largest absolute Gasteiger partial charge is 0.491 e. The van der Waals surface area contributed by atoms with Crippen molar-refractivity contribution in [2.75, 3.05) is 52.5 Å².